The van der Waals surface area contributed by atoms with E-state index < -0.39 is 0 Å². The predicted molar refractivity (Wildman–Crippen MR) is 93.4 cm³/mol. The van der Waals surface area contributed by atoms with Crippen LogP contribution in [-0.4, -0.2) is 13.2 Å². The Balaban J connectivity index is 2.20. The second-order valence-electron chi connectivity index (χ2n) is 5.00. The molecule has 2 aromatic carbocycles. The molecule has 0 bridgehead atoms. The lowest BCUT2D eigenvalue weighted by atomic mass is 10.2. The zero-order valence-corrected chi connectivity index (χ0v) is 15.0. The van der Waals surface area contributed by atoms with Crippen molar-refractivity contribution in [1.82, 2.24) is 5.32 Å². The average molecular weight is 382 g/mol. The minimum absolute atomic E-state index is 0.151. The largest absolute Gasteiger partial charge is 0.490 e. The molecule has 0 spiro atoms. The monoisotopic (exact) mass is 381 g/mol. The molecule has 0 saturated carbocycles. The third kappa shape index (κ3) is 4.94. The molecule has 0 saturated heterocycles. The smallest absolute Gasteiger partial charge is 0.175 e. The highest BCUT2D eigenvalue weighted by molar-refractivity contribution is 9.10. The zero-order valence-electron chi connectivity index (χ0n) is 13.4. The van der Waals surface area contributed by atoms with E-state index in [1.165, 1.54) is 6.07 Å². The van der Waals surface area contributed by atoms with Gasteiger partial charge in [-0.05, 0) is 53.2 Å². The van der Waals surface area contributed by atoms with Crippen LogP contribution in [-0.2, 0) is 13.2 Å². The zero-order chi connectivity index (χ0) is 16.7. The second kappa shape index (κ2) is 8.89. The van der Waals surface area contributed by atoms with Crippen molar-refractivity contribution >= 4 is 15.9 Å². The van der Waals surface area contributed by atoms with Gasteiger partial charge in [0.25, 0.3) is 0 Å². The van der Waals surface area contributed by atoms with Crippen LogP contribution in [0.4, 0.5) is 4.39 Å². The van der Waals surface area contributed by atoms with Gasteiger partial charge < -0.3 is 14.8 Å². The number of hydrogen-bond acceptors (Lipinski definition) is 3. The highest BCUT2D eigenvalue weighted by Crippen LogP contribution is 2.37. The summed E-state index contributed by atoms with van der Waals surface area (Å²) < 4.78 is 26.0. The minimum atomic E-state index is -0.273. The molecule has 3 nitrogen and oxygen atoms in total. The van der Waals surface area contributed by atoms with Crippen LogP contribution in [0.2, 0.25) is 0 Å². The second-order valence-corrected chi connectivity index (χ2v) is 5.85. The standard InChI is InChI=1S/C18H21BrFNO2/c1-3-21-11-13-9-15(19)18(17(10-13)22-4-2)23-12-14-7-5-6-8-16(14)20/h5-10,21H,3-4,11-12H2,1-2H3. The molecular weight excluding hydrogens is 361 g/mol. The first kappa shape index (κ1) is 17.8. The van der Waals surface area contributed by atoms with E-state index >= 15 is 0 Å². The van der Waals surface area contributed by atoms with E-state index in [1.54, 1.807) is 18.2 Å². The lowest BCUT2D eigenvalue weighted by molar-refractivity contribution is 0.264. The summed E-state index contributed by atoms with van der Waals surface area (Å²) in [5.41, 5.74) is 1.61. The molecule has 0 heterocycles. The van der Waals surface area contributed by atoms with Crippen LogP contribution in [0.5, 0.6) is 11.5 Å². The van der Waals surface area contributed by atoms with Crippen molar-refractivity contribution in [3.8, 4) is 11.5 Å². The molecule has 0 unspecified atom stereocenters. The summed E-state index contributed by atoms with van der Waals surface area (Å²) in [7, 11) is 0. The molecule has 2 aromatic rings. The van der Waals surface area contributed by atoms with Gasteiger partial charge in [0.1, 0.15) is 12.4 Å². The first-order chi connectivity index (χ1) is 11.2. The van der Waals surface area contributed by atoms with Gasteiger partial charge in [0.05, 0.1) is 11.1 Å². The Kier molecular flexibility index (Phi) is 6.86. The molecule has 0 aliphatic carbocycles. The fourth-order valence-electron chi connectivity index (χ4n) is 2.16. The molecule has 0 amide bonds. The molecule has 1 N–H and O–H groups in total. The molecule has 0 aliphatic heterocycles. The van der Waals surface area contributed by atoms with E-state index in [1.807, 2.05) is 19.1 Å². The van der Waals surface area contributed by atoms with Crippen molar-refractivity contribution in [3.05, 3.63) is 57.8 Å². The van der Waals surface area contributed by atoms with Crippen LogP contribution in [0.3, 0.4) is 0 Å². The van der Waals surface area contributed by atoms with E-state index in [-0.39, 0.29) is 12.4 Å². The van der Waals surface area contributed by atoms with Crippen LogP contribution in [0.1, 0.15) is 25.0 Å². The van der Waals surface area contributed by atoms with Gasteiger partial charge in [0.2, 0.25) is 0 Å². The van der Waals surface area contributed by atoms with Crippen molar-refractivity contribution in [3.63, 3.8) is 0 Å². The van der Waals surface area contributed by atoms with Gasteiger partial charge in [-0.3, -0.25) is 0 Å². The minimum Gasteiger partial charge on any atom is -0.490 e. The van der Waals surface area contributed by atoms with E-state index in [0.29, 0.717) is 23.7 Å². The maximum Gasteiger partial charge on any atom is 0.175 e. The van der Waals surface area contributed by atoms with Gasteiger partial charge in [-0.15, -0.1) is 0 Å². The summed E-state index contributed by atoms with van der Waals surface area (Å²) in [4.78, 5) is 0. The summed E-state index contributed by atoms with van der Waals surface area (Å²) in [5.74, 6) is 0.979. The van der Waals surface area contributed by atoms with Crippen LogP contribution in [0, 0.1) is 5.82 Å². The van der Waals surface area contributed by atoms with Gasteiger partial charge in [0, 0.05) is 12.1 Å². The van der Waals surface area contributed by atoms with Gasteiger partial charge in [0.15, 0.2) is 11.5 Å². The molecule has 2 rings (SSSR count). The normalized spacial score (nSPS) is 10.6. The molecule has 0 aliphatic rings. The van der Waals surface area contributed by atoms with Gasteiger partial charge >= 0.3 is 0 Å². The van der Waals surface area contributed by atoms with E-state index in [0.717, 1.165) is 23.1 Å². The molecule has 124 valence electrons. The molecular formula is C18H21BrFNO2. The third-order valence-corrected chi connectivity index (χ3v) is 3.87. The molecule has 0 radical (unpaired) electrons. The Bertz CT molecular complexity index is 649. The number of hydrogen-bond donors (Lipinski definition) is 1. The SMILES string of the molecule is CCNCc1cc(Br)c(OCc2ccccc2F)c(OCC)c1. The number of rotatable bonds is 8. The van der Waals surface area contributed by atoms with Crippen molar-refractivity contribution in [2.45, 2.75) is 27.0 Å². The first-order valence-corrected chi connectivity index (χ1v) is 8.47. The summed E-state index contributed by atoms with van der Waals surface area (Å²) in [6.07, 6.45) is 0. The fourth-order valence-corrected chi connectivity index (χ4v) is 2.77. The Labute approximate surface area is 144 Å². The van der Waals surface area contributed by atoms with Crippen molar-refractivity contribution < 1.29 is 13.9 Å². The highest BCUT2D eigenvalue weighted by Gasteiger charge is 2.13. The van der Waals surface area contributed by atoms with Crippen LogP contribution < -0.4 is 14.8 Å². The fraction of sp³-hybridized carbons (Fsp3) is 0.333. The van der Waals surface area contributed by atoms with Crippen molar-refractivity contribution in [1.29, 1.82) is 0 Å². The lowest BCUT2D eigenvalue weighted by Gasteiger charge is -2.16. The molecule has 0 atom stereocenters. The molecule has 0 aromatic heterocycles. The number of benzene rings is 2. The Hall–Kier alpha value is -1.59. The lowest BCUT2D eigenvalue weighted by Crippen LogP contribution is -2.12. The third-order valence-electron chi connectivity index (χ3n) is 3.28. The first-order valence-electron chi connectivity index (χ1n) is 7.67. The van der Waals surface area contributed by atoms with E-state index in [4.69, 9.17) is 9.47 Å². The van der Waals surface area contributed by atoms with Crippen LogP contribution in [0.15, 0.2) is 40.9 Å². The number of halogens is 2. The van der Waals surface area contributed by atoms with E-state index in [2.05, 4.69) is 28.2 Å². The number of nitrogens with one attached hydrogen (secondary N) is 1. The molecule has 5 heteroatoms. The molecule has 0 fully saturated rings. The van der Waals surface area contributed by atoms with Crippen molar-refractivity contribution in [2.24, 2.45) is 0 Å². The Morgan fingerprint density at radius 3 is 2.61 bits per heavy atom. The van der Waals surface area contributed by atoms with Gasteiger partial charge in [-0.2, -0.15) is 0 Å². The topological polar surface area (TPSA) is 30.5 Å². The quantitative estimate of drug-likeness (QED) is 0.720. The van der Waals surface area contributed by atoms with Crippen LogP contribution >= 0.6 is 15.9 Å². The summed E-state index contributed by atoms with van der Waals surface area (Å²) in [6.45, 7) is 6.32. The Morgan fingerprint density at radius 1 is 1.13 bits per heavy atom. The van der Waals surface area contributed by atoms with E-state index in [9.17, 15) is 4.39 Å². The average Bonchev–Trinajstić information content (AvgIpc) is 2.54. The van der Waals surface area contributed by atoms with Crippen molar-refractivity contribution in [2.75, 3.05) is 13.2 Å². The van der Waals surface area contributed by atoms with Crippen LogP contribution in [0.25, 0.3) is 0 Å². The number of ether oxygens (including phenoxy) is 2. The Morgan fingerprint density at radius 2 is 1.91 bits per heavy atom. The van der Waals surface area contributed by atoms with Gasteiger partial charge in [-0.25, -0.2) is 4.39 Å². The van der Waals surface area contributed by atoms with Gasteiger partial charge in [-0.1, -0.05) is 25.1 Å². The highest BCUT2D eigenvalue weighted by atomic mass is 79.9. The maximum atomic E-state index is 13.7. The maximum absolute atomic E-state index is 13.7. The molecule has 23 heavy (non-hydrogen) atoms. The predicted octanol–water partition coefficient (Wildman–Crippen LogP) is 4.68. The summed E-state index contributed by atoms with van der Waals surface area (Å²) in [6, 6.07) is 10.5. The summed E-state index contributed by atoms with van der Waals surface area (Å²) in [5, 5.41) is 3.28. The summed E-state index contributed by atoms with van der Waals surface area (Å²) >= 11 is 3.53.